The van der Waals surface area contributed by atoms with Crippen molar-refractivity contribution in [3.8, 4) is 0 Å². The molecule has 0 spiro atoms. The highest BCUT2D eigenvalue weighted by Crippen LogP contribution is 2.40. The molecule has 0 aliphatic carbocycles. The summed E-state index contributed by atoms with van der Waals surface area (Å²) in [5.74, 6) is -1.01. The number of halogens is 6. The molecule has 2 rings (SSSR count). The molecule has 0 radical (unpaired) electrons. The lowest BCUT2D eigenvalue weighted by Gasteiger charge is -2.13. The highest BCUT2D eigenvalue weighted by Gasteiger charge is 2.50. The molecular weight excluding hydrogens is 666 g/mol. The first-order valence-electron chi connectivity index (χ1n) is 14.9. The Morgan fingerprint density at radius 3 is 1.17 bits per heavy atom. The summed E-state index contributed by atoms with van der Waals surface area (Å²) in [6.45, 7) is 11.5. The Morgan fingerprint density at radius 1 is 0.609 bits per heavy atom. The van der Waals surface area contributed by atoms with Gasteiger partial charge in [-0.1, -0.05) is 23.3 Å². The zero-order chi connectivity index (χ0) is 35.2. The van der Waals surface area contributed by atoms with Gasteiger partial charge in [0.05, 0.1) is 23.4 Å². The Balaban J connectivity index is 2.09. The Hall–Kier alpha value is -2.04. The monoisotopic (exact) mass is 710 g/mol. The van der Waals surface area contributed by atoms with Crippen molar-refractivity contribution in [2.24, 2.45) is 0 Å². The van der Waals surface area contributed by atoms with Crippen LogP contribution in [0.3, 0.4) is 0 Å². The van der Waals surface area contributed by atoms with Crippen molar-refractivity contribution in [2.75, 3.05) is 0 Å². The molecular formula is C30H44F6O8S2. The van der Waals surface area contributed by atoms with Crippen molar-refractivity contribution in [3.05, 3.63) is 47.0 Å². The number of hydrogen-bond donors (Lipinski definition) is 0. The molecule has 0 aromatic carbocycles. The van der Waals surface area contributed by atoms with Crippen LogP contribution in [-0.4, -0.2) is 51.3 Å². The number of alkyl halides is 6. The van der Waals surface area contributed by atoms with Gasteiger partial charge in [-0.05, 0) is 105 Å². The lowest BCUT2D eigenvalue weighted by Crippen LogP contribution is -2.25. The average molecular weight is 711 g/mol. The molecule has 2 atom stereocenters. The molecule has 0 aromatic rings. The predicted molar refractivity (Wildman–Crippen MR) is 160 cm³/mol. The van der Waals surface area contributed by atoms with E-state index in [2.05, 4.69) is 8.37 Å². The second-order valence-corrected chi connectivity index (χ2v) is 15.6. The molecule has 16 heteroatoms. The number of unbranched alkanes of at least 4 members (excludes halogenated alkanes) is 1. The van der Waals surface area contributed by atoms with E-state index in [1.54, 1.807) is 12.2 Å². The predicted octanol–water partition coefficient (Wildman–Crippen LogP) is 8.64. The maximum absolute atomic E-state index is 13.0. The van der Waals surface area contributed by atoms with Gasteiger partial charge in [0.15, 0.2) is 0 Å². The topological polar surface area (TPSA) is 112 Å². The number of ether oxygens (including phenoxy) is 2. The van der Waals surface area contributed by atoms with Crippen LogP contribution in [0.5, 0.6) is 0 Å². The van der Waals surface area contributed by atoms with E-state index in [-0.39, 0.29) is 61.9 Å². The van der Waals surface area contributed by atoms with Gasteiger partial charge < -0.3 is 17.8 Å². The molecule has 2 fully saturated rings. The maximum atomic E-state index is 13.0. The molecule has 266 valence electrons. The van der Waals surface area contributed by atoms with E-state index in [1.807, 2.05) is 41.5 Å². The molecule has 2 aliphatic rings. The normalized spacial score (nSPS) is 22.5. The van der Waals surface area contributed by atoms with Gasteiger partial charge in [-0.25, -0.2) is 0 Å². The first kappa shape index (κ1) is 40.1. The third-order valence-corrected chi connectivity index (χ3v) is 9.61. The van der Waals surface area contributed by atoms with Gasteiger partial charge in [-0.3, -0.25) is 0 Å². The average Bonchev–Trinajstić information content (AvgIpc) is 3.72. The summed E-state index contributed by atoms with van der Waals surface area (Å²) in [7, 11) is -11.9. The summed E-state index contributed by atoms with van der Waals surface area (Å²) in [5.41, 5.74) is -9.87. The molecule has 0 aromatic heterocycles. The zero-order valence-electron chi connectivity index (χ0n) is 26.9. The van der Waals surface area contributed by atoms with E-state index in [1.165, 1.54) is 0 Å². The van der Waals surface area contributed by atoms with Crippen LogP contribution in [0.25, 0.3) is 0 Å². The third kappa shape index (κ3) is 13.2. The van der Waals surface area contributed by atoms with Crippen LogP contribution in [0.4, 0.5) is 26.3 Å². The summed E-state index contributed by atoms with van der Waals surface area (Å²) in [6, 6.07) is 0. The van der Waals surface area contributed by atoms with Crippen LogP contribution in [0, 0.1) is 0 Å². The van der Waals surface area contributed by atoms with Crippen molar-refractivity contribution in [1.82, 2.24) is 0 Å². The maximum Gasteiger partial charge on any atom is 0.534 e. The van der Waals surface area contributed by atoms with Crippen molar-refractivity contribution in [2.45, 2.75) is 140 Å². The van der Waals surface area contributed by atoms with E-state index in [4.69, 9.17) is 9.47 Å². The van der Waals surface area contributed by atoms with Gasteiger partial charge in [-0.15, -0.1) is 0 Å². The second kappa shape index (κ2) is 15.5. The van der Waals surface area contributed by atoms with Crippen LogP contribution >= 0.6 is 0 Å². The molecule has 0 unspecified atom stereocenters. The Morgan fingerprint density at radius 2 is 0.913 bits per heavy atom. The van der Waals surface area contributed by atoms with Crippen molar-refractivity contribution in [1.29, 1.82) is 0 Å². The largest absolute Gasteiger partial charge is 0.534 e. The van der Waals surface area contributed by atoms with Gasteiger partial charge in [0, 0.05) is 12.8 Å². The minimum atomic E-state index is -5.96. The van der Waals surface area contributed by atoms with Crippen LogP contribution in [0.15, 0.2) is 47.0 Å². The molecule has 2 aliphatic heterocycles. The van der Waals surface area contributed by atoms with Crippen molar-refractivity contribution >= 4 is 20.2 Å². The summed E-state index contributed by atoms with van der Waals surface area (Å²) in [4.78, 5) is 0. The third-order valence-electron chi connectivity index (χ3n) is 7.61. The van der Waals surface area contributed by atoms with Crippen molar-refractivity contribution in [3.63, 3.8) is 0 Å². The molecule has 2 heterocycles. The zero-order valence-corrected chi connectivity index (χ0v) is 28.5. The van der Waals surface area contributed by atoms with Crippen molar-refractivity contribution < 1.29 is 61.0 Å². The minimum Gasteiger partial charge on any atom is -0.381 e. The van der Waals surface area contributed by atoms with Gasteiger partial charge in [0.1, 0.15) is 11.5 Å². The minimum absolute atomic E-state index is 0.106. The van der Waals surface area contributed by atoms with E-state index in [9.17, 15) is 43.2 Å². The van der Waals surface area contributed by atoms with Gasteiger partial charge >= 0.3 is 31.3 Å². The highest BCUT2D eigenvalue weighted by molar-refractivity contribution is 7.88. The Bertz CT molecular complexity index is 1280. The van der Waals surface area contributed by atoms with Crippen LogP contribution in [0.1, 0.15) is 106 Å². The molecule has 0 N–H and O–H groups in total. The first-order chi connectivity index (χ1) is 20.9. The Labute approximate surface area is 268 Å². The van der Waals surface area contributed by atoms with Gasteiger partial charge in [-0.2, -0.15) is 43.2 Å². The fourth-order valence-corrected chi connectivity index (χ4v) is 5.60. The van der Waals surface area contributed by atoms with Crippen LogP contribution in [0.2, 0.25) is 0 Å². The molecule has 2 saturated heterocycles. The standard InChI is InChI=1S/C30H44F6O8S2/c1-21(17-19-25-27(3,4)41-25)11-9-15-23(43-45(37,38)29(31,32)33)13-7-8-14-24(44-46(39,40)30(34,35)36)16-10-12-22(2)18-20-26-28(5,6)42-26/h11-14,25-26H,7-10,15-20H2,1-6H3/b21-11+,22-12+,23-13-,24-14-/t25-,26-/m0/s1. The quantitative estimate of drug-likeness (QED) is 0.0249. The molecule has 0 bridgehead atoms. The first-order valence-corrected chi connectivity index (χ1v) is 17.7. The molecule has 0 saturated carbocycles. The highest BCUT2D eigenvalue weighted by atomic mass is 32.2. The van der Waals surface area contributed by atoms with Crippen LogP contribution in [-0.2, 0) is 38.1 Å². The van der Waals surface area contributed by atoms with Gasteiger partial charge in [0.2, 0.25) is 0 Å². The summed E-state index contributed by atoms with van der Waals surface area (Å²) < 4.78 is 144. The van der Waals surface area contributed by atoms with Gasteiger partial charge in [0.25, 0.3) is 0 Å². The fraction of sp³-hybridized carbons (Fsp3) is 0.733. The number of rotatable bonds is 19. The number of hydrogen-bond acceptors (Lipinski definition) is 8. The molecule has 46 heavy (non-hydrogen) atoms. The van der Waals surface area contributed by atoms with E-state index < -0.39 is 42.8 Å². The number of allylic oxidation sites excluding steroid dienone is 8. The Kier molecular flexibility index (Phi) is 13.5. The molecule has 8 nitrogen and oxygen atoms in total. The molecule has 0 amide bonds. The lowest BCUT2D eigenvalue weighted by molar-refractivity contribution is -0.0528. The SMILES string of the molecule is C/C(=C\CC/C(=C/CC/C=C(/CC/C=C(\C)CC[C@@H]1OC1(C)C)OS(=O)(=O)C(F)(F)F)OS(=O)(=O)C(F)(F)F)CC[C@@H]1OC1(C)C. The summed E-state index contributed by atoms with van der Waals surface area (Å²) in [6.07, 6.45) is 8.24. The number of epoxide rings is 2. The van der Waals surface area contributed by atoms with E-state index in [0.717, 1.165) is 36.1 Å². The summed E-state index contributed by atoms with van der Waals surface area (Å²) >= 11 is 0. The second-order valence-electron chi connectivity index (χ2n) is 12.6. The van der Waals surface area contributed by atoms with E-state index in [0.29, 0.717) is 12.8 Å². The smallest absolute Gasteiger partial charge is 0.381 e. The van der Waals surface area contributed by atoms with Crippen LogP contribution < -0.4 is 0 Å². The fourth-order valence-electron chi connectivity index (χ4n) is 4.54. The summed E-state index contributed by atoms with van der Waals surface area (Å²) in [5, 5.41) is 0. The lowest BCUT2D eigenvalue weighted by atomic mass is 10.0. The van der Waals surface area contributed by atoms with E-state index >= 15 is 0 Å².